The molecule has 2 N–H and O–H groups in total. The van der Waals surface area contributed by atoms with Crippen LogP contribution in [0.2, 0.25) is 0 Å². The number of pyridine rings is 1. The summed E-state index contributed by atoms with van der Waals surface area (Å²) in [4.78, 5) is 3.56. The summed E-state index contributed by atoms with van der Waals surface area (Å²) < 4.78 is 28.0. The summed E-state index contributed by atoms with van der Waals surface area (Å²) in [5, 5.41) is 0.301. The number of anilines is 1. The van der Waals surface area contributed by atoms with Gasteiger partial charge in [-0.2, -0.15) is 0 Å². The van der Waals surface area contributed by atoms with Crippen molar-refractivity contribution in [2.24, 2.45) is 5.92 Å². The summed E-state index contributed by atoms with van der Waals surface area (Å²) in [7, 11) is 0. The van der Waals surface area contributed by atoms with Gasteiger partial charge in [0.15, 0.2) is 0 Å². The van der Waals surface area contributed by atoms with Crippen LogP contribution in [0.5, 0.6) is 0 Å². The Hall–Kier alpha value is -0.382. The summed E-state index contributed by atoms with van der Waals surface area (Å²) >= 11 is 8.23. The third kappa shape index (κ3) is 3.08. The molecule has 0 bridgehead atoms. The Morgan fingerprint density at radius 1 is 1.62 bits per heavy atom. The van der Waals surface area contributed by atoms with Gasteiger partial charge < -0.3 is 0 Å². The zero-order chi connectivity index (χ0) is 17.6. The molecule has 1 aliphatic heterocycles. The van der Waals surface area contributed by atoms with Crippen molar-refractivity contribution >= 4 is 34.1 Å². The molecule has 0 aromatic carbocycles. The molecule has 3 rings (SSSR count). The molecule has 1 saturated heterocycles. The van der Waals surface area contributed by atoms with Gasteiger partial charge in [0, 0.05) is 0 Å². The minimum absolute atomic E-state index is 0.0377. The maximum atomic E-state index is 14.4. The van der Waals surface area contributed by atoms with Gasteiger partial charge in [-0.25, -0.2) is 0 Å². The van der Waals surface area contributed by atoms with Crippen LogP contribution >= 0.6 is 17.4 Å². The summed E-state index contributed by atoms with van der Waals surface area (Å²) in [5.74, 6) is -0.784. The number of rotatable bonds is 4. The van der Waals surface area contributed by atoms with E-state index in [9.17, 15) is 4.39 Å². The van der Waals surface area contributed by atoms with Crippen LogP contribution in [0.1, 0.15) is 20.1 Å². The Labute approximate surface area is 156 Å². The van der Waals surface area contributed by atoms with E-state index in [4.69, 9.17) is 26.6 Å². The van der Waals surface area contributed by atoms with E-state index in [1.807, 2.05) is 13.8 Å². The Balaban J connectivity index is 2.00. The first-order chi connectivity index (χ1) is 11.2. The van der Waals surface area contributed by atoms with Crippen LogP contribution < -0.4 is 5.73 Å². The van der Waals surface area contributed by atoms with Crippen molar-refractivity contribution < 1.29 is 32.5 Å². The average Bonchev–Trinajstić information content (AvgIpc) is 2.94. The van der Waals surface area contributed by atoms with E-state index in [1.165, 1.54) is 25.0 Å². The molecule has 3 heterocycles. The van der Waals surface area contributed by atoms with E-state index in [1.54, 1.807) is 16.8 Å². The number of nitrogen functional groups attached to an aromatic ring is 1. The fourth-order valence-electron chi connectivity index (χ4n) is 3.04. The van der Waals surface area contributed by atoms with Gasteiger partial charge in [-0.05, 0) is 0 Å². The molecule has 24 heavy (non-hydrogen) atoms. The third-order valence-corrected chi connectivity index (χ3v) is 6.79. The molecule has 1 unspecified atom stereocenters. The third-order valence-electron chi connectivity index (χ3n) is 4.61. The summed E-state index contributed by atoms with van der Waals surface area (Å²) in [6.45, 7) is 6.50. The number of aromatic nitrogens is 2. The van der Waals surface area contributed by atoms with Gasteiger partial charge in [0.25, 0.3) is 0 Å². The van der Waals surface area contributed by atoms with Gasteiger partial charge in [0.2, 0.25) is 0 Å². The maximum absolute atomic E-state index is 14.4. The van der Waals surface area contributed by atoms with Crippen LogP contribution in [0.3, 0.4) is 0 Å². The number of alkyl halides is 1. The Bertz CT molecular complexity index is 800. The van der Waals surface area contributed by atoms with E-state index < -0.39 is 22.7 Å². The second-order valence-electron chi connectivity index (χ2n) is 6.19. The molecule has 0 saturated carbocycles. The number of fused-ring (bicyclic) bond motifs is 1. The van der Waals surface area contributed by atoms with Crippen molar-refractivity contribution in [2.75, 3.05) is 19.0 Å². The molecule has 0 amide bonds. The van der Waals surface area contributed by atoms with Crippen molar-refractivity contribution in [3.63, 3.8) is 0 Å². The molecule has 1 aliphatic rings. The quantitative estimate of drug-likeness (QED) is 0.472. The summed E-state index contributed by atoms with van der Waals surface area (Å²) in [6.07, 6.45) is 2.23. The van der Waals surface area contributed by atoms with Gasteiger partial charge in [-0.3, -0.25) is 0 Å². The first kappa shape index (κ1) is 18.4. The van der Waals surface area contributed by atoms with E-state index in [0.29, 0.717) is 23.3 Å². The normalized spacial score (nSPS) is 30.9. The number of hydrogen-bond acceptors (Lipinski definition) is 4. The Morgan fingerprint density at radius 2 is 2.33 bits per heavy atom. The van der Waals surface area contributed by atoms with Crippen molar-refractivity contribution in [3.8, 4) is 0 Å². The van der Waals surface area contributed by atoms with Gasteiger partial charge >= 0.3 is 156 Å². The molecule has 0 radical (unpaired) electrons. The SMILES string of the molecule is C[C@@H]1[C@@H](CO[P+](C)=[W])O[C@@H](n2cc(F)c3c(N)ccnc32)[C@]1(C)Cl. The number of halogens is 2. The second kappa shape index (κ2) is 6.73. The monoisotopic (exact) mass is 542 g/mol. The summed E-state index contributed by atoms with van der Waals surface area (Å²) in [6, 6.07) is 1.58. The topological polar surface area (TPSA) is 62.3 Å². The molecule has 9 heteroatoms. The van der Waals surface area contributed by atoms with Crippen molar-refractivity contribution in [3.05, 3.63) is 24.3 Å². The van der Waals surface area contributed by atoms with Gasteiger partial charge in [-0.1, -0.05) is 0 Å². The van der Waals surface area contributed by atoms with Crippen LogP contribution in [0.4, 0.5) is 10.1 Å². The molecule has 5 atom stereocenters. The summed E-state index contributed by atoms with van der Waals surface area (Å²) in [5.41, 5.74) is 6.68. The first-order valence-electron chi connectivity index (χ1n) is 7.52. The molecule has 0 aliphatic carbocycles. The van der Waals surface area contributed by atoms with E-state index >= 15 is 0 Å². The minimum atomic E-state index is -0.713. The van der Waals surface area contributed by atoms with Gasteiger partial charge in [-0.15, -0.1) is 0 Å². The first-order valence-corrected chi connectivity index (χ1v) is 13.5. The van der Waals surface area contributed by atoms with Gasteiger partial charge in [0.05, 0.1) is 0 Å². The number of ether oxygens (including phenoxy) is 1. The van der Waals surface area contributed by atoms with Crippen LogP contribution in [0, 0.1) is 11.7 Å². The van der Waals surface area contributed by atoms with Crippen LogP contribution in [0.15, 0.2) is 18.5 Å². The van der Waals surface area contributed by atoms with Gasteiger partial charge in [0.1, 0.15) is 0 Å². The predicted octanol–water partition coefficient (Wildman–Crippen LogP) is 3.79. The van der Waals surface area contributed by atoms with Crippen molar-refractivity contribution in [1.29, 1.82) is 0 Å². The molecule has 5 nitrogen and oxygen atoms in total. The molecule has 130 valence electrons. The Morgan fingerprint density at radius 3 is 3.00 bits per heavy atom. The van der Waals surface area contributed by atoms with E-state index in [-0.39, 0.29) is 12.0 Å². The number of nitrogens with two attached hydrogens (primary N) is 1. The predicted molar refractivity (Wildman–Crippen MR) is 90.2 cm³/mol. The second-order valence-corrected chi connectivity index (χ2v) is 13.7. The molecule has 1 fully saturated rings. The van der Waals surface area contributed by atoms with Crippen LogP contribution in [-0.4, -0.2) is 33.8 Å². The zero-order valence-electron chi connectivity index (χ0n) is 13.6. The van der Waals surface area contributed by atoms with E-state index in [2.05, 4.69) is 11.6 Å². The molecular formula is C15H19ClFN3O2PW+. The van der Waals surface area contributed by atoms with Crippen LogP contribution in [-0.2, 0) is 28.1 Å². The van der Waals surface area contributed by atoms with E-state index in [0.717, 1.165) is 0 Å². The molecule has 2 aromatic heterocycles. The number of hydrogen-bond donors (Lipinski definition) is 1. The fourth-order valence-corrected chi connectivity index (χ4v) is 4.35. The van der Waals surface area contributed by atoms with Crippen LogP contribution in [0.25, 0.3) is 11.0 Å². The molecular weight excluding hydrogens is 523 g/mol. The zero-order valence-corrected chi connectivity index (χ0v) is 18.2. The number of nitrogens with zero attached hydrogens (tertiary/aromatic N) is 2. The van der Waals surface area contributed by atoms with Crippen molar-refractivity contribution in [1.82, 2.24) is 9.55 Å². The Kier molecular flexibility index (Phi) is 5.17. The average molecular weight is 543 g/mol. The fraction of sp³-hybridized carbons (Fsp3) is 0.533. The standard InChI is InChI=1S/C15H19ClFN3O2P.W/c1-8-11(7-21-23-3)22-14(15(8,2)16)20-6-9(17)12-10(18)4-5-19-13(12)20;/h4-6,8,11,14H,7H2,1-3H3,(H2,18,19);/q-1;+2/t8-,11-,14-,15-;/m1./s1. The van der Waals surface area contributed by atoms with Crippen molar-refractivity contribution in [2.45, 2.75) is 31.1 Å². The molecule has 0 spiro atoms. The molecule has 2 aromatic rings.